The second-order valence-corrected chi connectivity index (χ2v) is 9.90. The summed E-state index contributed by atoms with van der Waals surface area (Å²) in [5.41, 5.74) is 3.36. The van der Waals surface area contributed by atoms with E-state index in [4.69, 9.17) is 0 Å². The lowest BCUT2D eigenvalue weighted by Gasteiger charge is -2.43. The minimum Gasteiger partial charge on any atom is -0.326 e. The van der Waals surface area contributed by atoms with Crippen molar-refractivity contribution in [3.63, 3.8) is 0 Å². The Kier molecular flexibility index (Phi) is 5.61. The smallest absolute Gasteiger partial charge is 0.232 e. The molecule has 2 aromatic carbocycles. The fraction of sp³-hybridized carbons (Fsp3) is 0.409. The van der Waals surface area contributed by atoms with E-state index in [9.17, 15) is 13.2 Å². The maximum atomic E-state index is 12.7. The molecule has 0 radical (unpaired) electrons. The Morgan fingerprint density at radius 3 is 2.00 bits per heavy atom. The van der Waals surface area contributed by atoms with Crippen LogP contribution in [0.15, 0.2) is 48.5 Å². The van der Waals surface area contributed by atoms with Gasteiger partial charge >= 0.3 is 0 Å². The molecule has 0 aromatic heterocycles. The number of nitrogens with zero attached hydrogens (tertiary/aromatic N) is 1. The van der Waals surface area contributed by atoms with Crippen LogP contribution < -0.4 is 10.0 Å². The molecule has 6 nitrogen and oxygen atoms in total. The van der Waals surface area contributed by atoms with Crippen molar-refractivity contribution in [3.8, 4) is 11.1 Å². The van der Waals surface area contributed by atoms with Gasteiger partial charge in [-0.15, -0.1) is 0 Å². The lowest BCUT2D eigenvalue weighted by Crippen LogP contribution is -2.51. The van der Waals surface area contributed by atoms with Crippen LogP contribution in [0.2, 0.25) is 0 Å². The summed E-state index contributed by atoms with van der Waals surface area (Å²) < 4.78 is 25.9. The number of benzene rings is 2. The van der Waals surface area contributed by atoms with Gasteiger partial charge in [-0.05, 0) is 74.2 Å². The van der Waals surface area contributed by atoms with E-state index < -0.39 is 10.0 Å². The zero-order valence-corrected chi connectivity index (χ0v) is 17.4. The van der Waals surface area contributed by atoms with Gasteiger partial charge in [0.2, 0.25) is 15.9 Å². The number of rotatable bonds is 6. The maximum absolute atomic E-state index is 12.7. The molecule has 7 heteroatoms. The standard InChI is InChI=1S/C22H27N3O3S/c1-2-29(27,28)24-20-9-5-17(6-10-20)16-3-7-19(8-4-16)23-22(26)21-15-25-13-11-18(21)12-14-25/h3-10,18,21,24H,2,11-15H2,1H3,(H,23,26)/t21-/m0/s1. The minimum atomic E-state index is -3.27. The summed E-state index contributed by atoms with van der Waals surface area (Å²) in [6, 6.07) is 15.1. The molecule has 0 saturated carbocycles. The summed E-state index contributed by atoms with van der Waals surface area (Å²) in [6.45, 7) is 4.74. The van der Waals surface area contributed by atoms with Crippen LogP contribution in [0.5, 0.6) is 0 Å². The normalized spacial score (nSPS) is 23.6. The van der Waals surface area contributed by atoms with Crippen molar-refractivity contribution in [2.24, 2.45) is 11.8 Å². The van der Waals surface area contributed by atoms with Crippen LogP contribution in [0.25, 0.3) is 11.1 Å². The highest BCUT2D eigenvalue weighted by molar-refractivity contribution is 7.92. The van der Waals surface area contributed by atoms with Gasteiger partial charge < -0.3 is 10.2 Å². The zero-order valence-electron chi connectivity index (χ0n) is 16.6. The Balaban J connectivity index is 1.39. The first-order valence-electron chi connectivity index (χ1n) is 10.2. The van der Waals surface area contributed by atoms with E-state index in [-0.39, 0.29) is 17.6 Å². The summed E-state index contributed by atoms with van der Waals surface area (Å²) in [6.07, 6.45) is 2.25. The molecule has 5 rings (SSSR count). The number of hydrogen-bond donors (Lipinski definition) is 2. The molecule has 2 aromatic rings. The Morgan fingerprint density at radius 2 is 1.52 bits per heavy atom. The van der Waals surface area contributed by atoms with Gasteiger partial charge in [0.1, 0.15) is 0 Å². The lowest BCUT2D eigenvalue weighted by atomic mass is 9.78. The van der Waals surface area contributed by atoms with Gasteiger partial charge in [0.05, 0.1) is 11.7 Å². The van der Waals surface area contributed by atoms with Crippen molar-refractivity contribution in [1.82, 2.24) is 4.90 Å². The van der Waals surface area contributed by atoms with Crippen molar-refractivity contribution in [3.05, 3.63) is 48.5 Å². The quantitative estimate of drug-likeness (QED) is 0.761. The van der Waals surface area contributed by atoms with E-state index in [1.54, 1.807) is 19.1 Å². The molecule has 29 heavy (non-hydrogen) atoms. The monoisotopic (exact) mass is 413 g/mol. The molecule has 3 heterocycles. The van der Waals surface area contributed by atoms with Crippen LogP contribution in [0.3, 0.4) is 0 Å². The Hall–Kier alpha value is -2.38. The molecule has 2 N–H and O–H groups in total. The number of sulfonamides is 1. The average Bonchev–Trinajstić information content (AvgIpc) is 2.75. The van der Waals surface area contributed by atoms with Crippen LogP contribution in [0, 0.1) is 11.8 Å². The van der Waals surface area contributed by atoms with Crippen molar-refractivity contribution < 1.29 is 13.2 Å². The fourth-order valence-corrected chi connectivity index (χ4v) is 4.87. The third kappa shape index (κ3) is 4.62. The molecule has 154 valence electrons. The molecule has 0 spiro atoms. The van der Waals surface area contributed by atoms with Crippen LogP contribution in [0.1, 0.15) is 19.8 Å². The molecule has 3 aliphatic rings. The predicted molar refractivity (Wildman–Crippen MR) is 116 cm³/mol. The van der Waals surface area contributed by atoms with Gasteiger partial charge in [-0.3, -0.25) is 9.52 Å². The van der Waals surface area contributed by atoms with E-state index in [2.05, 4.69) is 14.9 Å². The summed E-state index contributed by atoms with van der Waals surface area (Å²) >= 11 is 0. The van der Waals surface area contributed by atoms with E-state index in [0.717, 1.165) is 49.3 Å². The van der Waals surface area contributed by atoms with Crippen molar-refractivity contribution >= 4 is 27.3 Å². The Morgan fingerprint density at radius 1 is 0.966 bits per heavy atom. The second-order valence-electron chi connectivity index (χ2n) is 7.89. The molecular weight excluding hydrogens is 386 g/mol. The van der Waals surface area contributed by atoms with Crippen molar-refractivity contribution in [1.29, 1.82) is 0 Å². The second kappa shape index (κ2) is 8.16. The largest absolute Gasteiger partial charge is 0.326 e. The highest BCUT2D eigenvalue weighted by Gasteiger charge is 2.38. The van der Waals surface area contributed by atoms with Crippen LogP contribution >= 0.6 is 0 Å². The van der Waals surface area contributed by atoms with Crippen LogP contribution in [-0.4, -0.2) is 44.6 Å². The third-order valence-corrected chi connectivity index (χ3v) is 7.32. The van der Waals surface area contributed by atoms with Crippen LogP contribution in [0.4, 0.5) is 11.4 Å². The Labute approximate surface area is 172 Å². The number of carbonyl (C=O) groups is 1. The highest BCUT2D eigenvalue weighted by Crippen LogP contribution is 2.33. The van der Waals surface area contributed by atoms with E-state index in [1.807, 2.05) is 36.4 Å². The molecule has 1 amide bonds. The molecular formula is C22H27N3O3S. The number of amides is 1. The molecule has 3 saturated heterocycles. The van der Waals surface area contributed by atoms with Gasteiger partial charge in [-0.2, -0.15) is 0 Å². The van der Waals surface area contributed by atoms with E-state index >= 15 is 0 Å². The van der Waals surface area contributed by atoms with Gasteiger partial charge in [-0.25, -0.2) is 8.42 Å². The van der Waals surface area contributed by atoms with Gasteiger partial charge in [0.25, 0.3) is 0 Å². The number of carbonyl (C=O) groups excluding carboxylic acids is 1. The van der Waals surface area contributed by atoms with Crippen molar-refractivity contribution in [2.75, 3.05) is 35.4 Å². The minimum absolute atomic E-state index is 0.0432. The Bertz CT molecular complexity index is 963. The number of fused-ring (bicyclic) bond motifs is 3. The molecule has 1 atom stereocenters. The SMILES string of the molecule is CCS(=O)(=O)Nc1ccc(-c2ccc(NC(=O)[C@H]3CN4CCC3CC4)cc2)cc1. The fourth-order valence-electron chi connectivity index (χ4n) is 4.23. The summed E-state index contributed by atoms with van der Waals surface area (Å²) in [5, 5.41) is 3.07. The highest BCUT2D eigenvalue weighted by atomic mass is 32.2. The summed E-state index contributed by atoms with van der Waals surface area (Å²) in [7, 11) is -3.27. The summed E-state index contributed by atoms with van der Waals surface area (Å²) in [4.78, 5) is 15.1. The first kappa shape index (κ1) is 19.9. The van der Waals surface area contributed by atoms with Gasteiger partial charge in [0, 0.05) is 17.9 Å². The predicted octanol–water partition coefficient (Wildman–Crippen LogP) is 3.40. The van der Waals surface area contributed by atoms with Gasteiger partial charge in [0.15, 0.2) is 0 Å². The lowest BCUT2D eigenvalue weighted by molar-refractivity contribution is -0.125. The average molecular weight is 414 g/mol. The van der Waals surface area contributed by atoms with E-state index in [0.29, 0.717) is 11.6 Å². The maximum Gasteiger partial charge on any atom is 0.232 e. The van der Waals surface area contributed by atoms with Crippen molar-refractivity contribution in [2.45, 2.75) is 19.8 Å². The van der Waals surface area contributed by atoms with Gasteiger partial charge in [-0.1, -0.05) is 24.3 Å². The molecule has 0 unspecified atom stereocenters. The number of nitrogens with one attached hydrogen (secondary N) is 2. The molecule has 0 aliphatic carbocycles. The van der Waals surface area contributed by atoms with Crippen LogP contribution in [-0.2, 0) is 14.8 Å². The molecule has 3 aliphatic heterocycles. The molecule has 3 fully saturated rings. The first-order chi connectivity index (χ1) is 13.9. The first-order valence-corrected chi connectivity index (χ1v) is 11.8. The topological polar surface area (TPSA) is 78.5 Å². The number of hydrogen-bond acceptors (Lipinski definition) is 4. The zero-order chi connectivity index (χ0) is 20.4. The number of piperidine rings is 3. The van der Waals surface area contributed by atoms with E-state index in [1.165, 1.54) is 0 Å². The number of anilines is 2. The summed E-state index contributed by atoms with van der Waals surface area (Å²) in [5.74, 6) is 0.779. The molecule has 2 bridgehead atoms. The third-order valence-electron chi connectivity index (χ3n) is 6.02.